The summed E-state index contributed by atoms with van der Waals surface area (Å²) in [6.07, 6.45) is 0.918. The molecule has 5 nitrogen and oxygen atoms in total. The molecule has 2 saturated heterocycles. The number of fused-ring (bicyclic) bond motifs is 1. The van der Waals surface area contributed by atoms with E-state index in [1.807, 2.05) is 6.92 Å². The minimum atomic E-state index is -3.78. The predicted octanol–water partition coefficient (Wildman–Crippen LogP) is 1.28. The van der Waals surface area contributed by atoms with E-state index in [1.54, 1.807) is 12.1 Å². The summed E-state index contributed by atoms with van der Waals surface area (Å²) in [5, 5.41) is 0. The third-order valence-corrected chi connectivity index (χ3v) is 5.41. The van der Waals surface area contributed by atoms with Crippen LogP contribution >= 0.6 is 0 Å². The molecule has 2 aliphatic heterocycles. The van der Waals surface area contributed by atoms with Crippen molar-refractivity contribution in [1.82, 2.24) is 4.31 Å². The highest BCUT2D eigenvalue weighted by molar-refractivity contribution is 7.89. The number of carbonyl (C=O) groups excluding carboxylic acids is 1. The van der Waals surface area contributed by atoms with Gasteiger partial charge in [-0.05, 0) is 31.9 Å². The van der Waals surface area contributed by atoms with Gasteiger partial charge in [-0.3, -0.25) is 4.79 Å². The Kier molecular flexibility index (Phi) is 2.87. The molecule has 0 unspecified atom stereocenters. The Morgan fingerprint density at radius 1 is 1.26 bits per heavy atom. The number of nitrogens with zero attached hydrogens (tertiary/aromatic N) is 1. The van der Waals surface area contributed by atoms with Crippen LogP contribution in [0.2, 0.25) is 0 Å². The highest BCUT2D eigenvalue weighted by Crippen LogP contribution is 2.38. The van der Waals surface area contributed by atoms with E-state index < -0.39 is 16.3 Å². The summed E-state index contributed by atoms with van der Waals surface area (Å²) < 4.78 is 31.1. The zero-order chi connectivity index (χ0) is 13.6. The van der Waals surface area contributed by atoms with E-state index in [-0.39, 0.29) is 16.7 Å². The van der Waals surface area contributed by atoms with Gasteiger partial charge in [0, 0.05) is 6.61 Å². The Labute approximate surface area is 112 Å². The van der Waals surface area contributed by atoms with Crippen molar-refractivity contribution >= 4 is 15.9 Å². The summed E-state index contributed by atoms with van der Waals surface area (Å²) in [6, 6.07) is 6.48. The summed E-state index contributed by atoms with van der Waals surface area (Å²) in [6.45, 7) is 2.39. The van der Waals surface area contributed by atoms with E-state index in [0.717, 1.165) is 16.3 Å². The maximum absolute atomic E-state index is 12.4. The van der Waals surface area contributed by atoms with E-state index in [1.165, 1.54) is 12.1 Å². The first kappa shape index (κ1) is 12.6. The molecule has 0 saturated carbocycles. The monoisotopic (exact) mass is 281 g/mol. The molecule has 19 heavy (non-hydrogen) atoms. The molecular weight excluding hydrogens is 266 g/mol. The number of carbonyl (C=O) groups is 1. The first-order chi connectivity index (χ1) is 9.01. The first-order valence-corrected chi connectivity index (χ1v) is 7.72. The van der Waals surface area contributed by atoms with Crippen molar-refractivity contribution in [2.75, 3.05) is 6.61 Å². The molecule has 0 radical (unpaired) electrons. The number of hydrogen-bond donors (Lipinski definition) is 0. The predicted molar refractivity (Wildman–Crippen MR) is 67.7 cm³/mol. The standard InChI is InChI=1S/C13H15NO4S/c1-9-4-6-10(7-5-9)19(16,17)14-12(15)11-3-2-8-18-13(11)14/h4-7,11,13H,2-3,8H2,1H3/t11-,13-/m0/s1. The van der Waals surface area contributed by atoms with Crippen molar-refractivity contribution in [2.24, 2.45) is 5.92 Å². The number of aryl methyl sites for hydroxylation is 1. The third-order valence-electron chi connectivity index (χ3n) is 3.64. The van der Waals surface area contributed by atoms with Crippen LogP contribution in [0.1, 0.15) is 18.4 Å². The van der Waals surface area contributed by atoms with E-state index in [9.17, 15) is 13.2 Å². The molecule has 0 bridgehead atoms. The Hall–Kier alpha value is -1.40. The van der Waals surface area contributed by atoms with E-state index in [0.29, 0.717) is 13.0 Å². The van der Waals surface area contributed by atoms with Gasteiger partial charge in [0.05, 0.1) is 10.8 Å². The van der Waals surface area contributed by atoms with E-state index in [2.05, 4.69) is 0 Å². The molecule has 3 rings (SSSR count). The van der Waals surface area contributed by atoms with Gasteiger partial charge < -0.3 is 4.74 Å². The van der Waals surface area contributed by atoms with Gasteiger partial charge >= 0.3 is 0 Å². The third kappa shape index (κ3) is 1.86. The number of ether oxygens (including phenoxy) is 1. The Balaban J connectivity index is 1.93. The average molecular weight is 281 g/mol. The van der Waals surface area contributed by atoms with Crippen molar-refractivity contribution in [1.29, 1.82) is 0 Å². The molecule has 2 atom stereocenters. The maximum Gasteiger partial charge on any atom is 0.268 e. The van der Waals surface area contributed by atoms with Crippen LogP contribution in [0, 0.1) is 12.8 Å². The van der Waals surface area contributed by atoms with Crippen LogP contribution in [0.5, 0.6) is 0 Å². The summed E-state index contributed by atoms with van der Waals surface area (Å²) in [7, 11) is -3.78. The molecule has 1 amide bonds. The summed E-state index contributed by atoms with van der Waals surface area (Å²) in [5.74, 6) is -0.626. The van der Waals surface area contributed by atoms with Crippen molar-refractivity contribution in [3.05, 3.63) is 29.8 Å². The van der Waals surface area contributed by atoms with Gasteiger partial charge in [0.2, 0.25) is 5.91 Å². The fourth-order valence-corrected chi connectivity index (χ4v) is 4.09. The lowest BCUT2D eigenvalue weighted by molar-refractivity contribution is -0.185. The first-order valence-electron chi connectivity index (χ1n) is 6.28. The van der Waals surface area contributed by atoms with Gasteiger partial charge in [-0.2, -0.15) is 0 Å². The highest BCUT2D eigenvalue weighted by atomic mass is 32.2. The van der Waals surface area contributed by atoms with E-state index in [4.69, 9.17) is 4.74 Å². The zero-order valence-corrected chi connectivity index (χ0v) is 11.4. The number of benzene rings is 1. The molecule has 1 aromatic carbocycles. The Morgan fingerprint density at radius 2 is 1.95 bits per heavy atom. The van der Waals surface area contributed by atoms with Crippen LogP contribution in [-0.4, -0.2) is 31.5 Å². The second-order valence-electron chi connectivity index (χ2n) is 4.96. The SMILES string of the molecule is Cc1ccc(S(=O)(=O)N2C(=O)[C@@H]3CCCO[C@@H]32)cc1. The molecule has 0 aliphatic carbocycles. The van der Waals surface area contributed by atoms with Gasteiger partial charge in [0.15, 0.2) is 6.23 Å². The Bertz CT molecular complexity index is 608. The molecular formula is C13H15NO4S. The molecule has 0 N–H and O–H groups in total. The van der Waals surface area contributed by atoms with Gasteiger partial charge in [-0.25, -0.2) is 12.7 Å². The van der Waals surface area contributed by atoms with Gasteiger partial charge in [-0.15, -0.1) is 0 Å². The smallest absolute Gasteiger partial charge is 0.268 e. The normalized spacial score (nSPS) is 26.8. The van der Waals surface area contributed by atoms with Crippen molar-refractivity contribution in [3.8, 4) is 0 Å². The number of hydrogen-bond acceptors (Lipinski definition) is 4. The van der Waals surface area contributed by atoms with Gasteiger partial charge in [-0.1, -0.05) is 17.7 Å². The number of rotatable bonds is 2. The molecule has 6 heteroatoms. The second-order valence-corrected chi connectivity index (χ2v) is 6.78. The summed E-state index contributed by atoms with van der Waals surface area (Å²) in [5.41, 5.74) is 0.973. The van der Waals surface area contributed by atoms with Crippen LogP contribution in [0.15, 0.2) is 29.2 Å². The second kappa shape index (κ2) is 4.31. The summed E-state index contributed by atoms with van der Waals surface area (Å²) >= 11 is 0. The van der Waals surface area contributed by atoms with Crippen LogP contribution in [0.25, 0.3) is 0 Å². The highest BCUT2D eigenvalue weighted by Gasteiger charge is 2.55. The largest absolute Gasteiger partial charge is 0.356 e. The lowest BCUT2D eigenvalue weighted by atomic mass is 9.91. The number of amides is 1. The van der Waals surface area contributed by atoms with Gasteiger partial charge in [0.1, 0.15) is 0 Å². The quantitative estimate of drug-likeness (QED) is 0.766. The number of sulfonamides is 1. The minimum absolute atomic E-state index is 0.138. The topological polar surface area (TPSA) is 63.7 Å². The summed E-state index contributed by atoms with van der Waals surface area (Å²) in [4.78, 5) is 12.1. The molecule has 2 fully saturated rings. The van der Waals surface area contributed by atoms with Crippen LogP contribution in [-0.2, 0) is 19.6 Å². The average Bonchev–Trinajstić information content (AvgIpc) is 2.38. The molecule has 1 aromatic rings. The number of β-lactam (4-membered cyclic amide) rings is 1. The molecule has 0 spiro atoms. The molecule has 102 valence electrons. The lowest BCUT2D eigenvalue weighted by Crippen LogP contribution is -2.65. The molecule has 2 heterocycles. The van der Waals surface area contributed by atoms with Crippen LogP contribution in [0.4, 0.5) is 0 Å². The van der Waals surface area contributed by atoms with Crippen LogP contribution < -0.4 is 0 Å². The van der Waals surface area contributed by atoms with Crippen molar-refractivity contribution in [2.45, 2.75) is 30.9 Å². The molecule has 0 aromatic heterocycles. The van der Waals surface area contributed by atoms with Crippen molar-refractivity contribution in [3.63, 3.8) is 0 Å². The minimum Gasteiger partial charge on any atom is -0.356 e. The lowest BCUT2D eigenvalue weighted by Gasteiger charge is -2.47. The fraction of sp³-hybridized carbons (Fsp3) is 0.462. The molecule has 2 aliphatic rings. The van der Waals surface area contributed by atoms with Crippen LogP contribution in [0.3, 0.4) is 0 Å². The zero-order valence-electron chi connectivity index (χ0n) is 10.6. The van der Waals surface area contributed by atoms with Crippen molar-refractivity contribution < 1.29 is 17.9 Å². The Morgan fingerprint density at radius 3 is 2.63 bits per heavy atom. The maximum atomic E-state index is 12.4. The van der Waals surface area contributed by atoms with Gasteiger partial charge in [0.25, 0.3) is 10.0 Å². The van der Waals surface area contributed by atoms with E-state index >= 15 is 0 Å². The fourth-order valence-electron chi connectivity index (χ4n) is 2.53.